The van der Waals surface area contributed by atoms with Gasteiger partial charge in [-0.1, -0.05) is 79.5 Å². The molecule has 0 saturated carbocycles. The summed E-state index contributed by atoms with van der Waals surface area (Å²) in [5.41, 5.74) is 12.3. The third-order valence-electron chi connectivity index (χ3n) is 8.62. The Balaban J connectivity index is 2.21. The molecule has 0 saturated heterocycles. The number of aromatic nitrogens is 1. The molecule has 0 bridgehead atoms. The van der Waals surface area contributed by atoms with Crippen LogP contribution in [0.25, 0.3) is 5.57 Å². The Kier molecular flexibility index (Phi) is 13.2. The molecule has 0 fully saturated rings. The van der Waals surface area contributed by atoms with E-state index in [2.05, 4.69) is 56.7 Å². The van der Waals surface area contributed by atoms with Crippen molar-refractivity contribution in [3.8, 4) is 5.75 Å². The number of unbranched alkanes of at least 4 members (excludes halogenated alkanes) is 1. The first kappa shape index (κ1) is 34.6. The Morgan fingerprint density at radius 1 is 1.09 bits per heavy atom. The molecule has 7 nitrogen and oxygen atoms in total. The second kappa shape index (κ2) is 16.8. The highest BCUT2D eigenvalue weighted by molar-refractivity contribution is 6.07. The van der Waals surface area contributed by atoms with E-state index in [-0.39, 0.29) is 11.8 Å². The van der Waals surface area contributed by atoms with Gasteiger partial charge in [-0.05, 0) is 80.2 Å². The van der Waals surface area contributed by atoms with E-state index in [1.54, 1.807) is 12.3 Å². The number of nitrogens with one attached hydrogen (secondary N) is 1. The first-order valence-electron chi connectivity index (χ1n) is 16.5. The van der Waals surface area contributed by atoms with Crippen LogP contribution >= 0.6 is 0 Å². The zero-order chi connectivity index (χ0) is 32.2. The van der Waals surface area contributed by atoms with Crippen LogP contribution < -0.4 is 15.8 Å². The van der Waals surface area contributed by atoms with Crippen LogP contribution in [-0.4, -0.2) is 28.2 Å². The summed E-state index contributed by atoms with van der Waals surface area (Å²) < 4.78 is 6.23. The zero-order valence-corrected chi connectivity index (χ0v) is 28.0. The van der Waals surface area contributed by atoms with Crippen molar-refractivity contribution in [1.29, 1.82) is 0 Å². The SMILES string of the molecule is C=C([C@H](CCCC)CC(C)CC)N1C(CC)=CN=C(N)/C1=C(\c1ccc(C(=O)Nc2ccccn2)cc1OCC)C(C)CC. The Labute approximate surface area is 265 Å². The number of rotatable bonds is 16. The smallest absolute Gasteiger partial charge is 0.256 e. The monoisotopic (exact) mass is 599 g/mol. The van der Waals surface area contributed by atoms with Crippen molar-refractivity contribution in [2.75, 3.05) is 11.9 Å². The van der Waals surface area contributed by atoms with Gasteiger partial charge in [0.25, 0.3) is 5.91 Å². The maximum Gasteiger partial charge on any atom is 0.256 e. The summed E-state index contributed by atoms with van der Waals surface area (Å²) >= 11 is 0. The molecule has 2 aromatic rings. The van der Waals surface area contributed by atoms with Crippen molar-refractivity contribution in [1.82, 2.24) is 9.88 Å². The lowest BCUT2D eigenvalue weighted by Gasteiger charge is -2.39. The lowest BCUT2D eigenvalue weighted by Crippen LogP contribution is -2.37. The van der Waals surface area contributed by atoms with E-state index in [0.717, 1.165) is 73.2 Å². The summed E-state index contributed by atoms with van der Waals surface area (Å²) in [5, 5.41) is 2.88. The number of amides is 1. The molecular weight excluding hydrogens is 546 g/mol. The van der Waals surface area contributed by atoms with Crippen molar-refractivity contribution < 1.29 is 9.53 Å². The number of aliphatic imine (C=N–C) groups is 1. The predicted molar refractivity (Wildman–Crippen MR) is 184 cm³/mol. The van der Waals surface area contributed by atoms with Gasteiger partial charge in [-0.25, -0.2) is 9.98 Å². The van der Waals surface area contributed by atoms with Gasteiger partial charge in [-0.3, -0.25) is 4.79 Å². The van der Waals surface area contributed by atoms with E-state index >= 15 is 0 Å². The maximum absolute atomic E-state index is 13.2. The fourth-order valence-corrected chi connectivity index (χ4v) is 5.68. The van der Waals surface area contributed by atoms with E-state index in [0.29, 0.717) is 41.4 Å². The van der Waals surface area contributed by atoms with Gasteiger partial charge in [-0.2, -0.15) is 0 Å². The number of benzene rings is 1. The van der Waals surface area contributed by atoms with E-state index in [1.165, 1.54) is 0 Å². The van der Waals surface area contributed by atoms with E-state index in [9.17, 15) is 4.79 Å². The average molecular weight is 600 g/mol. The fraction of sp³-hybridized carbons (Fsp3) is 0.486. The molecule has 1 aromatic heterocycles. The molecule has 2 heterocycles. The van der Waals surface area contributed by atoms with Gasteiger partial charge in [0.2, 0.25) is 0 Å². The highest BCUT2D eigenvalue weighted by atomic mass is 16.5. The molecule has 3 rings (SSSR count). The van der Waals surface area contributed by atoms with Gasteiger partial charge in [-0.15, -0.1) is 0 Å². The topological polar surface area (TPSA) is 92.8 Å². The molecule has 2 unspecified atom stereocenters. The van der Waals surface area contributed by atoms with Crippen LogP contribution in [0.3, 0.4) is 0 Å². The van der Waals surface area contributed by atoms with Crippen LogP contribution in [0.15, 0.2) is 77.5 Å². The van der Waals surface area contributed by atoms with Gasteiger partial charge in [0.1, 0.15) is 17.4 Å². The number of hydrogen-bond donors (Lipinski definition) is 2. The molecule has 0 aliphatic carbocycles. The normalized spacial score (nSPS) is 16.4. The predicted octanol–water partition coefficient (Wildman–Crippen LogP) is 9.17. The minimum absolute atomic E-state index is 0.126. The number of allylic oxidation sites excluding steroid dienone is 3. The second-order valence-corrected chi connectivity index (χ2v) is 11.8. The molecule has 1 amide bonds. The number of pyridine rings is 1. The van der Waals surface area contributed by atoms with Gasteiger partial charge >= 0.3 is 0 Å². The summed E-state index contributed by atoms with van der Waals surface area (Å²) in [6.07, 6.45) is 10.8. The van der Waals surface area contributed by atoms with Gasteiger partial charge in [0.15, 0.2) is 0 Å². The molecule has 7 heteroatoms. The van der Waals surface area contributed by atoms with E-state index < -0.39 is 0 Å². The van der Waals surface area contributed by atoms with Crippen LogP contribution in [-0.2, 0) is 0 Å². The number of nitrogens with two attached hydrogens (primary N) is 1. The lowest BCUT2D eigenvalue weighted by atomic mass is 9.85. The molecule has 1 aliphatic heterocycles. The Bertz CT molecular complexity index is 1360. The minimum Gasteiger partial charge on any atom is -0.493 e. The largest absolute Gasteiger partial charge is 0.493 e. The highest BCUT2D eigenvalue weighted by Gasteiger charge is 2.33. The van der Waals surface area contributed by atoms with E-state index in [1.807, 2.05) is 43.5 Å². The second-order valence-electron chi connectivity index (χ2n) is 11.8. The number of amidine groups is 1. The molecule has 1 aromatic carbocycles. The summed E-state index contributed by atoms with van der Waals surface area (Å²) in [7, 11) is 0. The first-order valence-corrected chi connectivity index (χ1v) is 16.5. The molecule has 238 valence electrons. The van der Waals surface area contributed by atoms with Gasteiger partial charge in [0, 0.05) is 34.9 Å². The number of nitrogens with zero attached hydrogens (tertiary/aromatic N) is 3. The van der Waals surface area contributed by atoms with Crippen LogP contribution in [0, 0.1) is 17.8 Å². The van der Waals surface area contributed by atoms with Gasteiger partial charge < -0.3 is 20.7 Å². The lowest BCUT2D eigenvalue weighted by molar-refractivity contribution is 0.102. The average Bonchev–Trinajstić information content (AvgIpc) is 3.04. The Hall–Kier alpha value is -3.87. The number of carbonyl (C=O) groups excluding carboxylic acids is 1. The molecule has 0 radical (unpaired) electrons. The molecule has 0 spiro atoms. The van der Waals surface area contributed by atoms with E-state index in [4.69, 9.17) is 22.0 Å². The molecule has 1 aliphatic rings. The van der Waals surface area contributed by atoms with Crippen molar-refractivity contribution in [2.45, 2.75) is 93.4 Å². The standard InChI is InChI=1S/C37H53N5O2/c1-9-14-17-28(22-25(6)10-2)27(8)42-30(12-4)24-40-36(38)35(42)34(26(7)11-3)31-20-19-29(23-32(31)44-13-5)37(43)41-33-18-15-16-21-39-33/h15-16,18-21,23-26,28H,8-14,17,22H2,1-7H3,(H2,38,40)(H,39,41,43)/b35-34+/t25?,26?,28-/m1/s1. The number of hydrogen-bond acceptors (Lipinski definition) is 6. The Morgan fingerprint density at radius 2 is 1.86 bits per heavy atom. The Morgan fingerprint density at radius 3 is 2.48 bits per heavy atom. The quantitative estimate of drug-likeness (QED) is 0.201. The summed E-state index contributed by atoms with van der Waals surface area (Å²) in [6, 6.07) is 11.1. The first-order chi connectivity index (χ1) is 21.2. The summed E-state index contributed by atoms with van der Waals surface area (Å²) in [5.74, 6) is 2.39. The third-order valence-corrected chi connectivity index (χ3v) is 8.62. The maximum atomic E-state index is 13.2. The van der Waals surface area contributed by atoms with Gasteiger partial charge in [0.05, 0.1) is 12.3 Å². The highest BCUT2D eigenvalue weighted by Crippen LogP contribution is 2.42. The van der Waals surface area contributed by atoms with Crippen LogP contribution in [0.2, 0.25) is 0 Å². The summed E-state index contributed by atoms with van der Waals surface area (Å²) in [6.45, 7) is 20.5. The molecule has 3 atom stereocenters. The van der Waals surface area contributed by atoms with Crippen LogP contribution in [0.4, 0.5) is 5.82 Å². The zero-order valence-electron chi connectivity index (χ0n) is 28.0. The molecular formula is C37H53N5O2. The van der Waals surface area contributed by atoms with Crippen molar-refractivity contribution in [3.05, 3.63) is 83.6 Å². The van der Waals surface area contributed by atoms with Crippen molar-refractivity contribution in [2.24, 2.45) is 28.5 Å². The minimum atomic E-state index is -0.247. The number of ether oxygens (including phenoxy) is 1. The van der Waals surface area contributed by atoms with Crippen molar-refractivity contribution in [3.63, 3.8) is 0 Å². The number of carbonyl (C=O) groups is 1. The number of anilines is 1. The van der Waals surface area contributed by atoms with Crippen LogP contribution in [0.5, 0.6) is 5.75 Å². The van der Waals surface area contributed by atoms with Crippen LogP contribution in [0.1, 0.15) is 109 Å². The third kappa shape index (κ3) is 8.40. The molecule has 3 N–H and O–H groups in total. The molecule has 44 heavy (non-hydrogen) atoms. The van der Waals surface area contributed by atoms with Crippen molar-refractivity contribution >= 4 is 23.1 Å². The summed E-state index contributed by atoms with van der Waals surface area (Å²) in [4.78, 5) is 24.4. The fourth-order valence-electron chi connectivity index (χ4n) is 5.68.